The van der Waals surface area contributed by atoms with Crippen molar-refractivity contribution >= 4 is 10.9 Å². The van der Waals surface area contributed by atoms with Crippen LogP contribution in [0.25, 0.3) is 22.0 Å². The fourth-order valence-corrected chi connectivity index (χ4v) is 7.01. The summed E-state index contributed by atoms with van der Waals surface area (Å²) in [5, 5.41) is 13.1. The first-order chi connectivity index (χ1) is 18.6. The van der Waals surface area contributed by atoms with E-state index in [9.17, 15) is 5.11 Å². The molecule has 194 valence electrons. The molecule has 5 atom stereocenters. The molecule has 0 aliphatic carbocycles. The van der Waals surface area contributed by atoms with Crippen molar-refractivity contribution in [3.8, 4) is 16.9 Å². The molecule has 0 radical (unpaired) electrons. The highest BCUT2D eigenvalue weighted by molar-refractivity contribution is 5.84. The van der Waals surface area contributed by atoms with Crippen molar-refractivity contribution in [1.29, 1.82) is 0 Å². The minimum atomic E-state index is -0.581. The Balaban J connectivity index is 1.37. The summed E-state index contributed by atoms with van der Waals surface area (Å²) in [7, 11) is 1.68. The van der Waals surface area contributed by atoms with Gasteiger partial charge in [-0.25, -0.2) is 0 Å². The molecule has 3 aromatic carbocycles. The van der Waals surface area contributed by atoms with E-state index in [4.69, 9.17) is 4.74 Å². The lowest BCUT2D eigenvalue weighted by Crippen LogP contribution is -2.69. The number of fused-ring (bicyclic) bond motifs is 2. The third kappa shape index (κ3) is 4.42. The second-order valence-electron chi connectivity index (χ2n) is 11.1. The van der Waals surface area contributed by atoms with Gasteiger partial charge >= 0.3 is 0 Å². The zero-order valence-corrected chi connectivity index (χ0v) is 22.2. The molecule has 0 spiro atoms. The average molecular weight is 506 g/mol. The van der Waals surface area contributed by atoms with Gasteiger partial charge in [0.2, 0.25) is 0 Å². The molecule has 3 heterocycles. The normalized spacial score (nSPS) is 25.6. The van der Waals surface area contributed by atoms with E-state index in [2.05, 4.69) is 72.2 Å². The Kier molecular flexibility index (Phi) is 6.77. The van der Waals surface area contributed by atoms with Gasteiger partial charge in [-0.3, -0.25) is 4.98 Å². The lowest BCUT2D eigenvalue weighted by molar-refractivity contribution is -1.02. The van der Waals surface area contributed by atoms with Crippen molar-refractivity contribution in [3.63, 3.8) is 0 Å². The van der Waals surface area contributed by atoms with Crippen LogP contribution in [-0.2, 0) is 6.54 Å². The summed E-state index contributed by atoms with van der Waals surface area (Å²) in [4.78, 5) is 4.57. The predicted molar refractivity (Wildman–Crippen MR) is 154 cm³/mol. The van der Waals surface area contributed by atoms with Gasteiger partial charge in [0.05, 0.1) is 25.2 Å². The van der Waals surface area contributed by atoms with E-state index in [-0.39, 0.29) is 6.04 Å². The van der Waals surface area contributed by atoms with Crippen molar-refractivity contribution in [3.05, 3.63) is 109 Å². The zero-order valence-electron chi connectivity index (χ0n) is 22.2. The third-order valence-electron chi connectivity index (χ3n) is 9.21. The van der Waals surface area contributed by atoms with Gasteiger partial charge < -0.3 is 14.3 Å². The summed E-state index contributed by atoms with van der Waals surface area (Å²) in [5.74, 6) is 1.29. The number of hydrogen-bond donors (Lipinski definition) is 1. The first kappa shape index (κ1) is 24.8. The number of methoxy groups -OCH3 is 1. The van der Waals surface area contributed by atoms with Crippen LogP contribution < -0.4 is 4.74 Å². The number of allylic oxidation sites excluding steroid dienone is 1. The Morgan fingerprint density at radius 3 is 2.50 bits per heavy atom. The molecule has 6 rings (SSSR count). The molecule has 1 aromatic heterocycles. The van der Waals surface area contributed by atoms with Gasteiger partial charge in [-0.1, -0.05) is 60.7 Å². The minimum absolute atomic E-state index is 0.115. The van der Waals surface area contributed by atoms with Crippen LogP contribution in [0.3, 0.4) is 0 Å². The Morgan fingerprint density at radius 2 is 1.79 bits per heavy atom. The third-order valence-corrected chi connectivity index (χ3v) is 9.21. The topological polar surface area (TPSA) is 42.4 Å². The van der Waals surface area contributed by atoms with Gasteiger partial charge in [0.1, 0.15) is 24.4 Å². The molecule has 38 heavy (non-hydrogen) atoms. The van der Waals surface area contributed by atoms with Crippen LogP contribution in [-0.4, -0.2) is 40.3 Å². The standard InChI is InChI=1S/C34H37N2O2/c1-3-24-11-16-33(34(37)30-17-19-35-32-15-14-29(38-2)22-31(30)32)36(20-18-28(36)21-24)23-25-9-12-27(13-10-25)26-7-5-4-6-8-26/h3-10,12-15,17,19,22,24,28,33-34,37H,1,11,16,18,20-21,23H2,2H3/q+1. The number of benzene rings is 3. The summed E-state index contributed by atoms with van der Waals surface area (Å²) in [6.45, 7) is 6.19. The Bertz CT molecular complexity index is 1420. The van der Waals surface area contributed by atoms with Crippen LogP contribution >= 0.6 is 0 Å². The molecule has 4 heteroatoms. The number of aliphatic hydroxyl groups is 1. The molecule has 2 aliphatic heterocycles. The SMILES string of the molecule is C=CC1CCC(C(O)c2ccnc3ccc(OC)cc23)[N+]2(Cc3ccc(-c4ccccc4)cc3)CCC2C1. The fourth-order valence-electron chi connectivity index (χ4n) is 7.01. The maximum Gasteiger partial charge on any atom is 0.131 e. The molecule has 0 bridgehead atoms. The van der Waals surface area contributed by atoms with Crippen LogP contribution in [0, 0.1) is 5.92 Å². The van der Waals surface area contributed by atoms with E-state index in [1.165, 1.54) is 23.1 Å². The highest BCUT2D eigenvalue weighted by Gasteiger charge is 2.55. The number of ether oxygens (including phenoxy) is 1. The van der Waals surface area contributed by atoms with Crippen molar-refractivity contribution < 1.29 is 14.3 Å². The predicted octanol–water partition coefficient (Wildman–Crippen LogP) is 7.09. The molecule has 1 N–H and O–H groups in total. The van der Waals surface area contributed by atoms with Crippen molar-refractivity contribution in [2.45, 2.75) is 50.4 Å². The Labute approximate surface area is 225 Å². The molecule has 0 amide bonds. The van der Waals surface area contributed by atoms with Crippen molar-refractivity contribution in [2.24, 2.45) is 5.92 Å². The lowest BCUT2D eigenvalue weighted by Gasteiger charge is -2.57. The van der Waals surface area contributed by atoms with Gasteiger partial charge in [-0.15, -0.1) is 6.58 Å². The Hall–Kier alpha value is -3.47. The van der Waals surface area contributed by atoms with Crippen LogP contribution in [0.1, 0.15) is 42.9 Å². The van der Waals surface area contributed by atoms with Crippen molar-refractivity contribution in [2.75, 3.05) is 13.7 Å². The van der Waals surface area contributed by atoms with E-state index in [0.29, 0.717) is 12.0 Å². The van der Waals surface area contributed by atoms with Gasteiger partial charge in [-0.05, 0) is 53.3 Å². The van der Waals surface area contributed by atoms with Crippen LogP contribution in [0.4, 0.5) is 0 Å². The molecule has 4 aromatic rings. The first-order valence-corrected chi connectivity index (χ1v) is 13.9. The second-order valence-corrected chi connectivity index (χ2v) is 11.1. The summed E-state index contributed by atoms with van der Waals surface area (Å²) in [6.07, 6.45) is 7.80. The Morgan fingerprint density at radius 1 is 1.00 bits per heavy atom. The quantitative estimate of drug-likeness (QED) is 0.215. The summed E-state index contributed by atoms with van der Waals surface area (Å²) >= 11 is 0. The molecule has 0 saturated carbocycles. The van der Waals surface area contributed by atoms with Gasteiger partial charge in [0, 0.05) is 36.4 Å². The monoisotopic (exact) mass is 505 g/mol. The highest BCUT2D eigenvalue weighted by Crippen LogP contribution is 2.48. The number of pyridine rings is 1. The first-order valence-electron chi connectivity index (χ1n) is 13.9. The summed E-state index contributed by atoms with van der Waals surface area (Å²) in [6, 6.07) is 28.2. The van der Waals surface area contributed by atoms with Crippen LogP contribution in [0.15, 0.2) is 97.7 Å². The molecule has 5 unspecified atom stereocenters. The van der Waals surface area contributed by atoms with Crippen LogP contribution in [0.2, 0.25) is 0 Å². The van der Waals surface area contributed by atoms with Gasteiger partial charge in [0.15, 0.2) is 0 Å². The maximum absolute atomic E-state index is 12.1. The fraction of sp³-hybridized carbons (Fsp3) is 0.324. The lowest BCUT2D eigenvalue weighted by atomic mass is 9.85. The molecular weight excluding hydrogens is 468 g/mol. The number of rotatable bonds is 7. The summed E-state index contributed by atoms with van der Waals surface area (Å²) in [5.41, 5.74) is 5.67. The van der Waals surface area contributed by atoms with Gasteiger partial charge in [0.25, 0.3) is 0 Å². The average Bonchev–Trinajstić information content (AvgIpc) is 3.07. The molecule has 2 fully saturated rings. The van der Waals surface area contributed by atoms with E-state index in [1.807, 2.05) is 30.5 Å². The van der Waals surface area contributed by atoms with E-state index in [1.54, 1.807) is 7.11 Å². The van der Waals surface area contributed by atoms with E-state index >= 15 is 0 Å². The van der Waals surface area contributed by atoms with E-state index in [0.717, 1.165) is 59.1 Å². The molecule has 4 nitrogen and oxygen atoms in total. The zero-order chi connectivity index (χ0) is 26.1. The number of aromatic nitrogens is 1. The highest BCUT2D eigenvalue weighted by atomic mass is 16.5. The largest absolute Gasteiger partial charge is 0.497 e. The smallest absolute Gasteiger partial charge is 0.131 e. The number of nitrogens with zero attached hydrogens (tertiary/aromatic N) is 2. The molecular formula is C34H37N2O2+. The number of hydrogen-bond acceptors (Lipinski definition) is 3. The van der Waals surface area contributed by atoms with Gasteiger partial charge in [-0.2, -0.15) is 0 Å². The minimum Gasteiger partial charge on any atom is -0.497 e. The molecule has 2 aliphatic rings. The van der Waals surface area contributed by atoms with E-state index < -0.39 is 6.10 Å². The van der Waals surface area contributed by atoms with Crippen molar-refractivity contribution in [1.82, 2.24) is 4.98 Å². The molecule has 2 saturated heterocycles. The number of quaternary nitrogens is 1. The van der Waals surface area contributed by atoms with Crippen LogP contribution in [0.5, 0.6) is 5.75 Å². The second kappa shape index (κ2) is 10.4. The maximum atomic E-state index is 12.1. The summed E-state index contributed by atoms with van der Waals surface area (Å²) < 4.78 is 6.46. The number of aliphatic hydroxyl groups excluding tert-OH is 1.